The summed E-state index contributed by atoms with van der Waals surface area (Å²) in [5, 5.41) is 5.44. The maximum atomic E-state index is 12.8. The Labute approximate surface area is 204 Å². The average molecular weight is 494 g/mol. The Bertz CT molecular complexity index is 1440. The van der Waals surface area contributed by atoms with Crippen LogP contribution in [-0.4, -0.2) is 46.2 Å². The molecule has 0 aliphatic heterocycles. The number of nitrogens with one attached hydrogen (secondary N) is 2. The van der Waals surface area contributed by atoms with Crippen molar-refractivity contribution in [2.45, 2.75) is 13.0 Å². The fourth-order valence-corrected chi connectivity index (χ4v) is 4.25. The predicted molar refractivity (Wildman–Crippen MR) is 131 cm³/mol. The van der Waals surface area contributed by atoms with Gasteiger partial charge in [-0.15, -0.1) is 11.3 Å². The summed E-state index contributed by atoms with van der Waals surface area (Å²) < 4.78 is 11.6. The minimum atomic E-state index is -0.679. The first-order valence-corrected chi connectivity index (χ1v) is 11.6. The van der Waals surface area contributed by atoms with E-state index in [1.54, 1.807) is 38.6 Å². The lowest BCUT2D eigenvalue weighted by Crippen LogP contribution is -2.41. The Morgan fingerprint density at radius 1 is 1.11 bits per heavy atom. The van der Waals surface area contributed by atoms with Gasteiger partial charge in [-0.2, -0.15) is 0 Å². The molecule has 0 atom stereocenters. The van der Waals surface area contributed by atoms with Crippen LogP contribution in [0.5, 0.6) is 11.5 Å². The molecular weight excluding hydrogens is 470 g/mol. The third kappa shape index (κ3) is 5.46. The highest BCUT2D eigenvalue weighted by atomic mass is 32.1. The lowest BCUT2D eigenvalue weighted by molar-refractivity contribution is 0.0951. The number of methoxy groups -OCH3 is 2. The number of carbonyl (C=O) groups excluding carboxylic acids is 1. The molecule has 180 valence electrons. The maximum absolute atomic E-state index is 12.8. The number of pyridine rings is 1. The van der Waals surface area contributed by atoms with Crippen LogP contribution in [0, 0.1) is 0 Å². The number of ether oxygens (including phenoxy) is 2. The number of aromatic nitrogens is 4. The number of nitrogens with zero attached hydrogens (tertiary/aromatic N) is 3. The van der Waals surface area contributed by atoms with Gasteiger partial charge in [0.1, 0.15) is 10.6 Å². The molecule has 0 bridgehead atoms. The first-order valence-electron chi connectivity index (χ1n) is 10.7. The molecule has 4 aromatic rings. The van der Waals surface area contributed by atoms with Crippen LogP contribution in [0.4, 0.5) is 0 Å². The Morgan fingerprint density at radius 3 is 2.69 bits per heavy atom. The molecule has 0 aliphatic carbocycles. The van der Waals surface area contributed by atoms with E-state index in [4.69, 9.17) is 9.47 Å². The molecule has 0 spiro atoms. The van der Waals surface area contributed by atoms with Crippen LogP contribution >= 0.6 is 11.3 Å². The first-order chi connectivity index (χ1) is 17.0. The van der Waals surface area contributed by atoms with Crippen LogP contribution in [0.3, 0.4) is 0 Å². The predicted octanol–water partition coefficient (Wildman–Crippen LogP) is 2.09. The van der Waals surface area contributed by atoms with Gasteiger partial charge in [-0.25, -0.2) is 9.78 Å². The zero-order valence-corrected chi connectivity index (χ0v) is 19.9. The number of H-pyrrole nitrogens is 1. The second-order valence-electron chi connectivity index (χ2n) is 7.44. The summed E-state index contributed by atoms with van der Waals surface area (Å²) in [6.07, 6.45) is 3.17. The highest BCUT2D eigenvalue weighted by Crippen LogP contribution is 2.33. The van der Waals surface area contributed by atoms with E-state index >= 15 is 0 Å². The van der Waals surface area contributed by atoms with Gasteiger partial charge in [-0.3, -0.25) is 19.1 Å². The lowest BCUT2D eigenvalue weighted by Gasteiger charge is -2.08. The normalized spacial score (nSPS) is 10.7. The molecule has 1 aromatic carbocycles. The molecule has 4 rings (SSSR count). The molecule has 10 nitrogen and oxygen atoms in total. The standard InChI is InChI=1S/C24H23N5O5S/c1-33-19-7-6-15(11-20(19)34-2)22-28-17(14-35-22)8-10-26-21(30)18-12-27-24(32)29(23(18)31)13-16-5-3-4-9-25-16/h3-7,9,11-12,14H,8,10,13H2,1-2H3,(H,26,30)(H,27,32). The van der Waals surface area contributed by atoms with Crippen LogP contribution in [0.25, 0.3) is 10.6 Å². The summed E-state index contributed by atoms with van der Waals surface area (Å²) in [5.41, 5.74) is 0.790. The largest absolute Gasteiger partial charge is 0.493 e. The van der Waals surface area contributed by atoms with Crippen molar-refractivity contribution in [3.63, 3.8) is 0 Å². The van der Waals surface area contributed by atoms with E-state index in [1.165, 1.54) is 11.3 Å². The highest BCUT2D eigenvalue weighted by Gasteiger charge is 2.15. The second-order valence-corrected chi connectivity index (χ2v) is 8.30. The van der Waals surface area contributed by atoms with Gasteiger partial charge in [0.2, 0.25) is 0 Å². The fourth-order valence-electron chi connectivity index (χ4n) is 3.39. The number of rotatable bonds is 9. The number of thiazole rings is 1. The van der Waals surface area contributed by atoms with Gasteiger partial charge in [0.25, 0.3) is 11.5 Å². The van der Waals surface area contributed by atoms with Crippen LogP contribution in [0.2, 0.25) is 0 Å². The number of benzene rings is 1. The van der Waals surface area contributed by atoms with Gasteiger partial charge in [-0.1, -0.05) is 6.07 Å². The maximum Gasteiger partial charge on any atom is 0.328 e. The van der Waals surface area contributed by atoms with Gasteiger partial charge in [0.15, 0.2) is 11.5 Å². The zero-order valence-electron chi connectivity index (χ0n) is 19.1. The van der Waals surface area contributed by atoms with Gasteiger partial charge in [0, 0.05) is 36.3 Å². The molecular formula is C24H23N5O5S. The van der Waals surface area contributed by atoms with Gasteiger partial charge in [0.05, 0.1) is 32.2 Å². The Kier molecular flexibility index (Phi) is 7.36. The van der Waals surface area contributed by atoms with Crippen molar-refractivity contribution >= 4 is 17.2 Å². The molecule has 35 heavy (non-hydrogen) atoms. The summed E-state index contributed by atoms with van der Waals surface area (Å²) in [4.78, 5) is 48.7. The van der Waals surface area contributed by atoms with E-state index in [2.05, 4.69) is 20.3 Å². The minimum Gasteiger partial charge on any atom is -0.493 e. The molecule has 11 heteroatoms. The van der Waals surface area contributed by atoms with E-state index in [0.29, 0.717) is 23.6 Å². The summed E-state index contributed by atoms with van der Waals surface area (Å²) in [7, 11) is 3.16. The molecule has 0 radical (unpaired) electrons. The van der Waals surface area contributed by atoms with E-state index in [0.717, 1.165) is 27.0 Å². The molecule has 0 saturated carbocycles. The first kappa shape index (κ1) is 23.9. The Balaban J connectivity index is 1.40. The van der Waals surface area contributed by atoms with Crippen molar-refractivity contribution in [1.82, 2.24) is 24.8 Å². The Hall–Kier alpha value is -4.25. The lowest BCUT2D eigenvalue weighted by atomic mass is 10.2. The van der Waals surface area contributed by atoms with Crippen LogP contribution in [-0.2, 0) is 13.0 Å². The van der Waals surface area contributed by atoms with Crippen molar-refractivity contribution in [3.8, 4) is 22.1 Å². The number of aromatic amines is 1. The SMILES string of the molecule is COc1ccc(-c2nc(CCNC(=O)c3c[nH]c(=O)n(Cc4ccccn4)c3=O)cs2)cc1OC. The summed E-state index contributed by atoms with van der Waals surface area (Å²) in [5.74, 6) is 0.678. The molecule has 0 fully saturated rings. The van der Waals surface area contributed by atoms with Crippen LogP contribution in [0.15, 0.2) is 63.8 Å². The molecule has 3 heterocycles. The van der Waals surface area contributed by atoms with E-state index in [9.17, 15) is 14.4 Å². The van der Waals surface area contributed by atoms with Crippen molar-refractivity contribution in [2.75, 3.05) is 20.8 Å². The molecule has 0 aliphatic rings. The van der Waals surface area contributed by atoms with Gasteiger partial charge >= 0.3 is 5.69 Å². The van der Waals surface area contributed by atoms with Crippen LogP contribution < -0.4 is 26.0 Å². The molecule has 0 unspecified atom stereocenters. The molecule has 0 saturated heterocycles. The quantitative estimate of drug-likeness (QED) is 0.365. The average Bonchev–Trinajstić information content (AvgIpc) is 3.35. The molecule has 3 aromatic heterocycles. The third-order valence-corrected chi connectivity index (χ3v) is 6.14. The fraction of sp³-hybridized carbons (Fsp3) is 0.208. The van der Waals surface area contributed by atoms with E-state index in [1.807, 2.05) is 23.6 Å². The third-order valence-electron chi connectivity index (χ3n) is 5.20. The smallest absolute Gasteiger partial charge is 0.328 e. The summed E-state index contributed by atoms with van der Waals surface area (Å²) >= 11 is 1.48. The van der Waals surface area contributed by atoms with Crippen LogP contribution in [0.1, 0.15) is 21.7 Å². The topological polar surface area (TPSA) is 128 Å². The van der Waals surface area contributed by atoms with Gasteiger partial charge < -0.3 is 19.8 Å². The molecule has 1 amide bonds. The number of hydrogen-bond acceptors (Lipinski definition) is 8. The second kappa shape index (κ2) is 10.8. The van der Waals surface area contributed by atoms with E-state index in [-0.39, 0.29) is 18.7 Å². The van der Waals surface area contributed by atoms with Crippen molar-refractivity contribution < 1.29 is 14.3 Å². The zero-order chi connectivity index (χ0) is 24.8. The number of hydrogen-bond donors (Lipinski definition) is 2. The number of amides is 1. The minimum absolute atomic E-state index is 0.0339. The summed E-state index contributed by atoms with van der Waals surface area (Å²) in [6.45, 7) is 0.237. The van der Waals surface area contributed by atoms with E-state index < -0.39 is 17.2 Å². The monoisotopic (exact) mass is 493 g/mol. The van der Waals surface area contributed by atoms with Gasteiger partial charge in [-0.05, 0) is 30.3 Å². The van der Waals surface area contributed by atoms with Crippen molar-refractivity contribution in [2.24, 2.45) is 0 Å². The highest BCUT2D eigenvalue weighted by molar-refractivity contribution is 7.13. The Morgan fingerprint density at radius 2 is 1.94 bits per heavy atom. The summed E-state index contributed by atoms with van der Waals surface area (Å²) in [6, 6.07) is 10.8. The number of carbonyl (C=O) groups is 1. The molecule has 2 N–H and O–H groups in total. The van der Waals surface area contributed by atoms with Crippen molar-refractivity contribution in [3.05, 3.63) is 92.0 Å². The van der Waals surface area contributed by atoms with Crippen molar-refractivity contribution in [1.29, 1.82) is 0 Å².